The van der Waals surface area contributed by atoms with Crippen molar-refractivity contribution in [3.05, 3.63) is 47.3 Å². The van der Waals surface area contributed by atoms with Crippen molar-refractivity contribution in [2.75, 3.05) is 20.3 Å². The summed E-state index contributed by atoms with van der Waals surface area (Å²) in [6.45, 7) is 4.94. The fourth-order valence-corrected chi connectivity index (χ4v) is 3.26. The summed E-state index contributed by atoms with van der Waals surface area (Å²) < 4.78 is 13.2. The van der Waals surface area contributed by atoms with Crippen molar-refractivity contribution in [1.29, 1.82) is 0 Å². The quantitative estimate of drug-likeness (QED) is 0.801. The van der Waals surface area contributed by atoms with Crippen LogP contribution >= 0.6 is 0 Å². The first-order valence-corrected chi connectivity index (χ1v) is 8.80. The third-order valence-electron chi connectivity index (χ3n) is 4.65. The molecule has 0 spiro atoms. The zero-order valence-electron chi connectivity index (χ0n) is 15.2. The highest BCUT2D eigenvalue weighted by Crippen LogP contribution is 2.38. The van der Waals surface area contributed by atoms with Crippen molar-refractivity contribution in [2.45, 2.75) is 39.2 Å². The Morgan fingerprint density at radius 3 is 2.64 bits per heavy atom. The topological polar surface area (TPSA) is 52.5 Å². The van der Waals surface area contributed by atoms with Crippen LogP contribution in [0.15, 0.2) is 30.3 Å². The number of methoxy groups -OCH3 is 1. The number of hydrogen-bond acceptors (Lipinski definition) is 3. The van der Waals surface area contributed by atoms with E-state index in [0.29, 0.717) is 24.1 Å². The molecule has 5 nitrogen and oxygen atoms in total. The highest BCUT2D eigenvalue weighted by molar-refractivity contribution is 5.77. The van der Waals surface area contributed by atoms with Crippen LogP contribution in [0.4, 0.5) is 0 Å². The van der Waals surface area contributed by atoms with Gasteiger partial charge in [0.05, 0.1) is 7.11 Å². The molecule has 1 heterocycles. The normalized spacial score (nSPS) is 13.6. The smallest absolute Gasteiger partial charge is 0.257 e. The summed E-state index contributed by atoms with van der Waals surface area (Å²) in [6.07, 6.45) is 3.41. The number of aryl methyl sites for hydroxylation is 1. The van der Waals surface area contributed by atoms with Gasteiger partial charge in [0.1, 0.15) is 0 Å². The maximum Gasteiger partial charge on any atom is 0.257 e. The van der Waals surface area contributed by atoms with Crippen LogP contribution in [-0.4, -0.2) is 30.7 Å². The zero-order valence-corrected chi connectivity index (χ0v) is 15.2. The highest BCUT2D eigenvalue weighted by Gasteiger charge is 2.26. The van der Waals surface area contributed by atoms with Crippen LogP contribution in [0.2, 0.25) is 0 Å². The van der Waals surface area contributed by atoms with Crippen LogP contribution < -0.4 is 14.8 Å². The summed E-state index contributed by atoms with van der Waals surface area (Å²) in [7, 11) is 1.58. The molecule has 1 fully saturated rings. The predicted molar refractivity (Wildman–Crippen MR) is 97.4 cm³/mol. The van der Waals surface area contributed by atoms with E-state index in [1.165, 1.54) is 29.8 Å². The molecule has 1 saturated carbocycles. The van der Waals surface area contributed by atoms with E-state index in [4.69, 9.17) is 9.47 Å². The number of ether oxygens (including phenoxy) is 2. The van der Waals surface area contributed by atoms with Crippen LogP contribution in [0.1, 0.15) is 35.8 Å². The van der Waals surface area contributed by atoms with Gasteiger partial charge in [-0.3, -0.25) is 4.79 Å². The second-order valence-corrected chi connectivity index (χ2v) is 6.54. The van der Waals surface area contributed by atoms with Crippen molar-refractivity contribution < 1.29 is 14.3 Å². The largest absolute Gasteiger partial charge is 0.493 e. The van der Waals surface area contributed by atoms with E-state index in [0.717, 1.165) is 6.42 Å². The molecular formula is C20H26N2O3. The Bertz CT molecular complexity index is 747. The lowest BCUT2D eigenvalue weighted by molar-refractivity contribution is -0.123. The Morgan fingerprint density at radius 2 is 1.96 bits per heavy atom. The molecule has 0 saturated heterocycles. The van der Waals surface area contributed by atoms with Crippen LogP contribution in [0.3, 0.4) is 0 Å². The average molecular weight is 342 g/mol. The Balaban J connectivity index is 1.46. The first kappa shape index (κ1) is 17.4. The van der Waals surface area contributed by atoms with Gasteiger partial charge < -0.3 is 19.4 Å². The van der Waals surface area contributed by atoms with Crippen molar-refractivity contribution >= 4 is 5.91 Å². The van der Waals surface area contributed by atoms with Crippen molar-refractivity contribution in [1.82, 2.24) is 9.88 Å². The Labute approximate surface area is 148 Å². The van der Waals surface area contributed by atoms with E-state index in [2.05, 4.69) is 29.8 Å². The SMILES string of the molecule is COc1ccccc1OCC(=O)NCCc1cc(C)n(C2CC2)c1C. The van der Waals surface area contributed by atoms with Crippen LogP contribution in [0, 0.1) is 13.8 Å². The molecule has 0 bridgehead atoms. The number of carbonyl (C=O) groups is 1. The molecule has 134 valence electrons. The van der Waals surface area contributed by atoms with Gasteiger partial charge in [-0.2, -0.15) is 0 Å². The summed E-state index contributed by atoms with van der Waals surface area (Å²) in [5.74, 6) is 1.08. The fraction of sp³-hybridized carbons (Fsp3) is 0.450. The number of nitrogens with zero attached hydrogens (tertiary/aromatic N) is 1. The third-order valence-corrected chi connectivity index (χ3v) is 4.65. The molecule has 1 aliphatic rings. The molecule has 0 aliphatic heterocycles. The number of para-hydroxylation sites is 2. The van der Waals surface area contributed by atoms with Gasteiger partial charge in [-0.25, -0.2) is 0 Å². The van der Waals surface area contributed by atoms with E-state index in [9.17, 15) is 4.79 Å². The maximum atomic E-state index is 12.0. The summed E-state index contributed by atoms with van der Waals surface area (Å²) in [6, 6.07) is 10.2. The number of aromatic nitrogens is 1. The van der Waals surface area contributed by atoms with E-state index in [1.54, 1.807) is 13.2 Å². The number of nitrogens with one attached hydrogen (secondary N) is 1. The first-order valence-electron chi connectivity index (χ1n) is 8.80. The van der Waals surface area contributed by atoms with Gasteiger partial charge in [0.2, 0.25) is 0 Å². The Morgan fingerprint density at radius 1 is 1.24 bits per heavy atom. The average Bonchev–Trinajstić information content (AvgIpc) is 3.40. The monoisotopic (exact) mass is 342 g/mol. The summed E-state index contributed by atoms with van der Waals surface area (Å²) >= 11 is 0. The maximum absolute atomic E-state index is 12.0. The molecule has 0 atom stereocenters. The van der Waals surface area contributed by atoms with Gasteiger partial charge in [-0.05, 0) is 56.9 Å². The molecule has 0 radical (unpaired) electrons. The highest BCUT2D eigenvalue weighted by atomic mass is 16.5. The lowest BCUT2D eigenvalue weighted by Gasteiger charge is -2.11. The number of benzene rings is 1. The van der Waals surface area contributed by atoms with Gasteiger partial charge >= 0.3 is 0 Å². The molecule has 1 aromatic heterocycles. The molecule has 2 aromatic rings. The molecule has 5 heteroatoms. The van der Waals surface area contributed by atoms with E-state index < -0.39 is 0 Å². The standard InChI is InChI=1S/C20H26N2O3/c1-14-12-16(15(2)22(14)17-8-9-17)10-11-21-20(23)13-25-19-7-5-4-6-18(19)24-3/h4-7,12,17H,8-11,13H2,1-3H3,(H,21,23). The molecule has 1 aliphatic carbocycles. The third kappa shape index (κ3) is 4.16. The number of carbonyl (C=O) groups excluding carboxylic acids is 1. The number of amides is 1. The van der Waals surface area contributed by atoms with Crippen molar-refractivity contribution in [3.63, 3.8) is 0 Å². The Kier molecular flexibility index (Phi) is 5.31. The van der Waals surface area contributed by atoms with Gasteiger partial charge in [-0.1, -0.05) is 12.1 Å². The number of rotatable bonds is 8. The minimum absolute atomic E-state index is 0.0124. The van der Waals surface area contributed by atoms with Crippen LogP contribution in [-0.2, 0) is 11.2 Å². The second kappa shape index (κ2) is 7.64. The molecule has 0 unspecified atom stereocenters. The van der Waals surface area contributed by atoms with Crippen molar-refractivity contribution in [3.8, 4) is 11.5 Å². The minimum Gasteiger partial charge on any atom is -0.493 e. The fourth-order valence-electron chi connectivity index (χ4n) is 3.26. The predicted octanol–water partition coefficient (Wildman–Crippen LogP) is 3.19. The first-order chi connectivity index (χ1) is 12.1. The van der Waals surface area contributed by atoms with Gasteiger partial charge in [0.15, 0.2) is 18.1 Å². The Hall–Kier alpha value is -2.43. The summed E-state index contributed by atoms with van der Waals surface area (Å²) in [5.41, 5.74) is 3.97. The molecule has 3 rings (SSSR count). The van der Waals surface area contributed by atoms with Crippen LogP contribution in [0.5, 0.6) is 11.5 Å². The molecule has 1 amide bonds. The zero-order chi connectivity index (χ0) is 17.8. The summed E-state index contributed by atoms with van der Waals surface area (Å²) in [5, 5.41) is 2.93. The van der Waals surface area contributed by atoms with Gasteiger partial charge in [0.25, 0.3) is 5.91 Å². The van der Waals surface area contributed by atoms with E-state index >= 15 is 0 Å². The molecular weight excluding hydrogens is 316 g/mol. The minimum atomic E-state index is -0.123. The lowest BCUT2D eigenvalue weighted by atomic mass is 10.2. The molecule has 1 N–H and O–H groups in total. The van der Waals surface area contributed by atoms with Gasteiger partial charge in [-0.15, -0.1) is 0 Å². The second-order valence-electron chi connectivity index (χ2n) is 6.54. The van der Waals surface area contributed by atoms with E-state index in [-0.39, 0.29) is 12.5 Å². The lowest BCUT2D eigenvalue weighted by Crippen LogP contribution is -2.30. The van der Waals surface area contributed by atoms with Crippen molar-refractivity contribution in [2.24, 2.45) is 0 Å². The molecule has 1 aromatic carbocycles. The van der Waals surface area contributed by atoms with E-state index in [1.807, 2.05) is 18.2 Å². The van der Waals surface area contributed by atoms with Gasteiger partial charge in [0, 0.05) is 24.0 Å². The molecule has 25 heavy (non-hydrogen) atoms. The number of hydrogen-bond donors (Lipinski definition) is 1. The van der Waals surface area contributed by atoms with Crippen LogP contribution in [0.25, 0.3) is 0 Å². The summed E-state index contributed by atoms with van der Waals surface area (Å²) in [4.78, 5) is 12.0.